The lowest BCUT2D eigenvalue weighted by molar-refractivity contribution is -0.130. The summed E-state index contributed by atoms with van der Waals surface area (Å²) in [6, 6.07) is 13.3. The molecule has 2 aromatic rings. The highest BCUT2D eigenvalue weighted by atomic mass is 79.9. The normalized spacial score (nSPS) is 26.8. The van der Waals surface area contributed by atoms with Gasteiger partial charge in [0.05, 0.1) is 5.41 Å². The zero-order valence-electron chi connectivity index (χ0n) is 14.9. The number of hydrogen-bond acceptors (Lipinski definition) is 2. The van der Waals surface area contributed by atoms with E-state index in [4.69, 9.17) is 11.6 Å². The topological polar surface area (TPSA) is 46.2 Å². The number of fused-ring (bicyclic) bond motifs is 2. The minimum atomic E-state index is -0.861. The van der Waals surface area contributed by atoms with Gasteiger partial charge in [0.25, 0.3) is 0 Å². The van der Waals surface area contributed by atoms with Gasteiger partial charge >= 0.3 is 0 Å². The molecule has 1 spiro atoms. The van der Waals surface area contributed by atoms with Gasteiger partial charge in [0.15, 0.2) is 0 Å². The molecule has 1 aliphatic heterocycles. The molecule has 3 atom stereocenters. The molecule has 1 saturated carbocycles. The van der Waals surface area contributed by atoms with Crippen LogP contribution < -0.4 is 5.32 Å². The van der Waals surface area contributed by atoms with Gasteiger partial charge in [-0.05, 0) is 42.3 Å². The fourth-order valence-corrected chi connectivity index (χ4v) is 5.35. The summed E-state index contributed by atoms with van der Waals surface area (Å²) in [5, 5.41) is 3.66. The van der Waals surface area contributed by atoms with Gasteiger partial charge in [0, 0.05) is 39.9 Å². The maximum absolute atomic E-state index is 13.5. The second-order valence-electron chi connectivity index (χ2n) is 7.47. The summed E-state index contributed by atoms with van der Waals surface area (Å²) < 4.78 is 0.900. The smallest absolute Gasteiger partial charge is 0.236 e. The molecule has 0 saturated heterocycles. The molecule has 138 valence electrons. The first-order valence-electron chi connectivity index (χ1n) is 8.88. The molecule has 0 bridgehead atoms. The average molecular weight is 445 g/mol. The summed E-state index contributed by atoms with van der Waals surface area (Å²) in [6.45, 7) is 6.04. The molecule has 1 amide bonds. The largest absolute Gasteiger partial charge is 0.325 e. The second-order valence-corrected chi connectivity index (χ2v) is 8.82. The number of anilines is 1. The SMILES string of the molecule is C=C(C)[C@H]1CC(=O)C[C@@H](c2cccc(Cl)c2)[C@@]12C(=O)Nc1cc(Br)ccc12. The molecule has 1 N–H and O–H groups in total. The number of Topliss-reactive ketones (excluding diaryl/α,β-unsaturated/α-hetero) is 1. The van der Waals surface area contributed by atoms with Crippen LogP contribution in [0.1, 0.15) is 36.8 Å². The van der Waals surface area contributed by atoms with E-state index in [9.17, 15) is 9.59 Å². The van der Waals surface area contributed by atoms with E-state index in [-0.39, 0.29) is 23.5 Å². The van der Waals surface area contributed by atoms with Crippen LogP contribution in [0.4, 0.5) is 5.69 Å². The third-order valence-electron chi connectivity index (χ3n) is 5.86. The van der Waals surface area contributed by atoms with Crippen LogP contribution >= 0.6 is 27.5 Å². The van der Waals surface area contributed by atoms with Crippen LogP contribution in [0, 0.1) is 5.92 Å². The molecule has 2 aromatic carbocycles. The van der Waals surface area contributed by atoms with Crippen LogP contribution in [0.3, 0.4) is 0 Å². The first-order valence-corrected chi connectivity index (χ1v) is 10.0. The fraction of sp³-hybridized carbons (Fsp3) is 0.273. The Bertz CT molecular complexity index is 986. The van der Waals surface area contributed by atoms with E-state index in [1.807, 2.05) is 43.3 Å². The molecular weight excluding hydrogens is 426 g/mol. The highest BCUT2D eigenvalue weighted by Crippen LogP contribution is 2.58. The zero-order chi connectivity index (χ0) is 19.3. The fourth-order valence-electron chi connectivity index (χ4n) is 4.79. The van der Waals surface area contributed by atoms with Gasteiger partial charge < -0.3 is 5.32 Å². The third-order valence-corrected chi connectivity index (χ3v) is 6.59. The van der Waals surface area contributed by atoms with Crippen molar-refractivity contribution in [1.82, 2.24) is 0 Å². The molecule has 1 heterocycles. The number of carbonyl (C=O) groups is 2. The van der Waals surface area contributed by atoms with Crippen molar-refractivity contribution in [2.24, 2.45) is 5.92 Å². The van der Waals surface area contributed by atoms with Gasteiger partial charge in [-0.2, -0.15) is 0 Å². The highest BCUT2D eigenvalue weighted by molar-refractivity contribution is 9.10. The zero-order valence-corrected chi connectivity index (χ0v) is 17.2. The Labute approximate surface area is 171 Å². The summed E-state index contributed by atoms with van der Waals surface area (Å²) in [4.78, 5) is 26.1. The van der Waals surface area contributed by atoms with Gasteiger partial charge in [-0.15, -0.1) is 0 Å². The number of halogens is 2. The minimum Gasteiger partial charge on any atom is -0.325 e. The van der Waals surface area contributed by atoms with E-state index in [1.165, 1.54) is 0 Å². The van der Waals surface area contributed by atoms with Crippen LogP contribution in [0.25, 0.3) is 0 Å². The monoisotopic (exact) mass is 443 g/mol. The Kier molecular flexibility index (Phi) is 4.52. The average Bonchev–Trinajstić information content (AvgIpc) is 2.88. The van der Waals surface area contributed by atoms with Gasteiger partial charge in [-0.25, -0.2) is 0 Å². The molecule has 0 unspecified atom stereocenters. The molecule has 5 heteroatoms. The second kappa shape index (κ2) is 6.61. The van der Waals surface area contributed by atoms with Crippen molar-refractivity contribution in [1.29, 1.82) is 0 Å². The Balaban J connectivity index is 2.01. The van der Waals surface area contributed by atoms with E-state index in [0.29, 0.717) is 17.9 Å². The number of allylic oxidation sites excluding steroid dienone is 1. The van der Waals surface area contributed by atoms with Gasteiger partial charge in [-0.1, -0.05) is 57.9 Å². The number of benzene rings is 2. The van der Waals surface area contributed by atoms with Crippen molar-refractivity contribution >= 4 is 44.9 Å². The number of ketones is 1. The number of nitrogens with one attached hydrogen (secondary N) is 1. The standard InChI is InChI=1S/C22H19BrClNO2/c1-12(2)18-10-16(26)11-19(13-4-3-5-15(24)8-13)22(18)17-7-6-14(23)9-20(17)25-21(22)27/h3-9,18-19H,1,10-11H2,2H3,(H,25,27)/t18-,19+,22+/m1/s1. The van der Waals surface area contributed by atoms with Crippen LogP contribution in [-0.2, 0) is 15.0 Å². The highest BCUT2D eigenvalue weighted by Gasteiger charge is 2.60. The predicted octanol–water partition coefficient (Wildman–Crippen LogP) is 5.63. The third kappa shape index (κ3) is 2.77. The molecule has 1 fully saturated rings. The maximum Gasteiger partial charge on any atom is 0.236 e. The van der Waals surface area contributed by atoms with Crippen LogP contribution in [0.2, 0.25) is 5.02 Å². The number of amides is 1. The minimum absolute atomic E-state index is 0.0684. The van der Waals surface area contributed by atoms with Crippen molar-refractivity contribution in [3.05, 3.63) is 75.2 Å². The molecule has 27 heavy (non-hydrogen) atoms. The van der Waals surface area contributed by atoms with E-state index in [0.717, 1.165) is 26.9 Å². The van der Waals surface area contributed by atoms with E-state index >= 15 is 0 Å². The lowest BCUT2D eigenvalue weighted by Crippen LogP contribution is -2.51. The number of hydrogen-bond donors (Lipinski definition) is 1. The molecule has 0 aromatic heterocycles. The lowest BCUT2D eigenvalue weighted by Gasteiger charge is -2.46. The quantitative estimate of drug-likeness (QED) is 0.610. The van der Waals surface area contributed by atoms with Crippen LogP contribution in [-0.4, -0.2) is 11.7 Å². The first-order chi connectivity index (χ1) is 12.8. The summed E-state index contributed by atoms with van der Waals surface area (Å²) in [5.74, 6) is -0.468. The molecule has 0 radical (unpaired) electrons. The van der Waals surface area contributed by atoms with E-state index in [2.05, 4.69) is 27.8 Å². The Morgan fingerprint density at radius 3 is 2.70 bits per heavy atom. The van der Waals surface area contributed by atoms with Gasteiger partial charge in [0.2, 0.25) is 5.91 Å². The van der Waals surface area contributed by atoms with Crippen LogP contribution in [0.15, 0.2) is 59.1 Å². The van der Waals surface area contributed by atoms with Crippen molar-refractivity contribution in [3.63, 3.8) is 0 Å². The van der Waals surface area contributed by atoms with Crippen molar-refractivity contribution in [3.8, 4) is 0 Å². The molecular formula is C22H19BrClNO2. The Morgan fingerprint density at radius 2 is 2.00 bits per heavy atom. The lowest BCUT2D eigenvalue weighted by atomic mass is 9.54. The molecule has 2 aliphatic rings. The molecule has 4 rings (SSSR count). The first kappa shape index (κ1) is 18.5. The van der Waals surface area contributed by atoms with Gasteiger partial charge in [0.1, 0.15) is 5.78 Å². The van der Waals surface area contributed by atoms with E-state index in [1.54, 1.807) is 6.07 Å². The number of carbonyl (C=O) groups excluding carboxylic acids is 2. The van der Waals surface area contributed by atoms with Crippen molar-refractivity contribution < 1.29 is 9.59 Å². The number of rotatable bonds is 2. The Hall–Kier alpha value is -1.91. The van der Waals surface area contributed by atoms with Gasteiger partial charge in [-0.3, -0.25) is 9.59 Å². The summed E-state index contributed by atoms with van der Waals surface area (Å²) >= 11 is 9.72. The Morgan fingerprint density at radius 1 is 1.22 bits per heavy atom. The summed E-state index contributed by atoms with van der Waals surface area (Å²) in [7, 11) is 0. The van der Waals surface area contributed by atoms with Crippen molar-refractivity contribution in [2.45, 2.75) is 31.1 Å². The molecule has 3 nitrogen and oxygen atoms in total. The molecule has 1 aliphatic carbocycles. The summed E-state index contributed by atoms with van der Waals surface area (Å²) in [5.41, 5.74) is 2.62. The van der Waals surface area contributed by atoms with Crippen molar-refractivity contribution in [2.75, 3.05) is 5.32 Å². The predicted molar refractivity (Wildman–Crippen MR) is 111 cm³/mol. The van der Waals surface area contributed by atoms with Crippen LogP contribution in [0.5, 0.6) is 0 Å². The maximum atomic E-state index is 13.5. The summed E-state index contributed by atoms with van der Waals surface area (Å²) in [6.07, 6.45) is 0.641. The van der Waals surface area contributed by atoms with E-state index < -0.39 is 5.41 Å².